The van der Waals surface area contributed by atoms with Gasteiger partial charge in [-0.3, -0.25) is 4.79 Å². The lowest BCUT2D eigenvalue weighted by Crippen LogP contribution is -2.27. The number of sulfonamides is 1. The molecule has 1 fully saturated rings. The topological polar surface area (TPSA) is 116 Å². The van der Waals surface area contributed by atoms with Gasteiger partial charge in [0.05, 0.1) is 10.4 Å². The van der Waals surface area contributed by atoms with Crippen molar-refractivity contribution in [1.29, 1.82) is 0 Å². The zero-order valence-corrected chi connectivity index (χ0v) is 18.9. The maximum atomic E-state index is 12.8. The third-order valence-corrected chi connectivity index (χ3v) is 7.78. The van der Waals surface area contributed by atoms with Crippen LogP contribution in [-0.4, -0.2) is 53.5 Å². The molecule has 0 bridgehead atoms. The Bertz CT molecular complexity index is 1280. The van der Waals surface area contributed by atoms with E-state index in [2.05, 4.69) is 15.6 Å². The van der Waals surface area contributed by atoms with E-state index >= 15 is 0 Å². The number of nitrogens with zero attached hydrogens (tertiary/aromatic N) is 4. The van der Waals surface area contributed by atoms with Crippen LogP contribution in [0.25, 0.3) is 11.0 Å². The molecule has 2 aliphatic rings. The fourth-order valence-electron chi connectivity index (χ4n) is 4.08. The van der Waals surface area contributed by atoms with E-state index in [1.165, 1.54) is 4.31 Å². The van der Waals surface area contributed by atoms with Crippen LogP contribution in [0.3, 0.4) is 0 Å². The highest BCUT2D eigenvalue weighted by Gasteiger charge is 2.27. The first-order valence-corrected chi connectivity index (χ1v) is 12.4. The van der Waals surface area contributed by atoms with E-state index in [1.54, 1.807) is 22.9 Å². The van der Waals surface area contributed by atoms with Crippen LogP contribution < -0.4 is 14.8 Å². The van der Waals surface area contributed by atoms with Crippen molar-refractivity contribution in [1.82, 2.24) is 24.6 Å². The molecule has 174 valence electrons. The Morgan fingerprint density at radius 3 is 2.73 bits per heavy atom. The summed E-state index contributed by atoms with van der Waals surface area (Å²) in [5.41, 5.74) is 2.22. The Balaban J connectivity index is 1.15. The van der Waals surface area contributed by atoms with Crippen LogP contribution in [0, 0.1) is 0 Å². The lowest BCUT2D eigenvalue weighted by atomic mass is 10.2. The van der Waals surface area contributed by atoms with Gasteiger partial charge >= 0.3 is 0 Å². The zero-order valence-electron chi connectivity index (χ0n) is 18.1. The molecule has 0 aliphatic carbocycles. The molecule has 0 unspecified atom stereocenters. The third kappa shape index (κ3) is 4.51. The smallest absolute Gasteiger partial charge is 0.243 e. The predicted molar refractivity (Wildman–Crippen MR) is 119 cm³/mol. The van der Waals surface area contributed by atoms with Crippen molar-refractivity contribution < 1.29 is 22.7 Å². The number of benzene rings is 2. The molecule has 1 aromatic heterocycles. The van der Waals surface area contributed by atoms with Crippen LogP contribution in [0.4, 0.5) is 0 Å². The number of carbonyl (C=O) groups is 1. The quantitative estimate of drug-likeness (QED) is 0.534. The standard InChI is InChI=1S/C22H25N5O5S/c28-22(23-14-16-5-8-20-21(12-16)32-15-31-20)4-3-11-27-19-7-6-17(13-18(19)24-25-27)33(29,30)26-9-1-2-10-26/h5-8,12-13H,1-4,9-11,14-15H2,(H,23,28). The molecule has 0 spiro atoms. The van der Waals surface area contributed by atoms with E-state index in [4.69, 9.17) is 9.47 Å². The molecule has 11 heteroatoms. The van der Waals surface area contributed by atoms with Crippen molar-refractivity contribution in [3.8, 4) is 11.5 Å². The van der Waals surface area contributed by atoms with Crippen LogP contribution >= 0.6 is 0 Å². The number of aromatic nitrogens is 3. The van der Waals surface area contributed by atoms with Gasteiger partial charge < -0.3 is 14.8 Å². The minimum Gasteiger partial charge on any atom is -0.454 e. The molecule has 0 radical (unpaired) electrons. The number of hydrogen-bond donors (Lipinski definition) is 1. The second-order valence-electron chi connectivity index (χ2n) is 8.14. The Kier molecular flexibility index (Phi) is 5.90. The highest BCUT2D eigenvalue weighted by Crippen LogP contribution is 2.32. The van der Waals surface area contributed by atoms with Gasteiger partial charge in [0, 0.05) is 32.6 Å². The van der Waals surface area contributed by atoms with Gasteiger partial charge in [-0.25, -0.2) is 13.1 Å². The minimum absolute atomic E-state index is 0.0592. The van der Waals surface area contributed by atoms with Crippen LogP contribution in [-0.2, 0) is 27.9 Å². The van der Waals surface area contributed by atoms with Crippen LogP contribution in [0.2, 0.25) is 0 Å². The molecule has 1 N–H and O–H groups in total. The Morgan fingerprint density at radius 2 is 1.88 bits per heavy atom. The third-order valence-electron chi connectivity index (χ3n) is 5.89. The summed E-state index contributed by atoms with van der Waals surface area (Å²) in [5.74, 6) is 1.35. The first-order chi connectivity index (χ1) is 16.0. The summed E-state index contributed by atoms with van der Waals surface area (Å²) in [7, 11) is -3.49. The van der Waals surface area contributed by atoms with E-state index in [9.17, 15) is 13.2 Å². The monoisotopic (exact) mass is 471 g/mol. The minimum atomic E-state index is -3.49. The first kappa shape index (κ1) is 21.7. The maximum absolute atomic E-state index is 12.8. The van der Waals surface area contributed by atoms with Gasteiger partial charge in [0.25, 0.3) is 0 Å². The van der Waals surface area contributed by atoms with Crippen molar-refractivity contribution >= 4 is 27.0 Å². The molecule has 0 atom stereocenters. The van der Waals surface area contributed by atoms with Gasteiger partial charge in [0.1, 0.15) is 5.52 Å². The number of hydrogen-bond acceptors (Lipinski definition) is 7. The normalized spacial score (nSPS) is 15.9. The van der Waals surface area contributed by atoms with Crippen molar-refractivity contribution in [2.75, 3.05) is 19.9 Å². The fourth-order valence-corrected chi connectivity index (χ4v) is 5.62. The van der Waals surface area contributed by atoms with Gasteiger partial charge in [-0.2, -0.15) is 4.31 Å². The highest BCUT2D eigenvalue weighted by molar-refractivity contribution is 7.89. The van der Waals surface area contributed by atoms with E-state index < -0.39 is 10.0 Å². The molecule has 3 heterocycles. The Hall–Kier alpha value is -3.18. The number of nitrogens with one attached hydrogen (secondary N) is 1. The van der Waals surface area contributed by atoms with Crippen molar-refractivity contribution in [2.24, 2.45) is 0 Å². The second-order valence-corrected chi connectivity index (χ2v) is 10.1. The highest BCUT2D eigenvalue weighted by atomic mass is 32.2. The largest absolute Gasteiger partial charge is 0.454 e. The van der Waals surface area contributed by atoms with Gasteiger partial charge in [-0.1, -0.05) is 11.3 Å². The fraction of sp³-hybridized carbons (Fsp3) is 0.409. The molecule has 2 aromatic carbocycles. The molecule has 5 rings (SSSR count). The van der Waals surface area contributed by atoms with Crippen LogP contribution in [0.15, 0.2) is 41.3 Å². The number of carbonyl (C=O) groups excluding carboxylic acids is 1. The van der Waals surface area contributed by atoms with E-state index in [-0.39, 0.29) is 17.6 Å². The van der Waals surface area contributed by atoms with Gasteiger partial charge in [-0.15, -0.1) is 5.10 Å². The second kappa shape index (κ2) is 8.99. The Labute approximate surface area is 191 Å². The van der Waals surface area contributed by atoms with Crippen LogP contribution in [0.1, 0.15) is 31.2 Å². The summed E-state index contributed by atoms with van der Waals surface area (Å²) in [6.45, 7) is 2.26. The summed E-state index contributed by atoms with van der Waals surface area (Å²) in [6, 6.07) is 10.5. The molecule has 3 aromatic rings. The summed E-state index contributed by atoms with van der Waals surface area (Å²) < 4.78 is 39.4. The summed E-state index contributed by atoms with van der Waals surface area (Å²) in [5, 5.41) is 11.2. The molecule has 10 nitrogen and oxygen atoms in total. The summed E-state index contributed by atoms with van der Waals surface area (Å²) in [4.78, 5) is 12.5. The zero-order chi connectivity index (χ0) is 22.8. The number of ether oxygens (including phenoxy) is 2. The molecular weight excluding hydrogens is 446 g/mol. The predicted octanol–water partition coefficient (Wildman–Crippen LogP) is 2.04. The van der Waals surface area contributed by atoms with E-state index in [0.717, 1.165) is 23.9 Å². The lowest BCUT2D eigenvalue weighted by molar-refractivity contribution is -0.121. The van der Waals surface area contributed by atoms with E-state index in [0.29, 0.717) is 56.0 Å². The van der Waals surface area contributed by atoms with Crippen LogP contribution in [0.5, 0.6) is 11.5 Å². The lowest BCUT2D eigenvalue weighted by Gasteiger charge is -2.15. The molecule has 0 saturated carbocycles. The molecule has 1 saturated heterocycles. The van der Waals surface area contributed by atoms with Gasteiger partial charge in [0.2, 0.25) is 22.7 Å². The number of aryl methyl sites for hydroxylation is 1. The van der Waals surface area contributed by atoms with Crippen molar-refractivity contribution in [3.63, 3.8) is 0 Å². The van der Waals surface area contributed by atoms with Gasteiger partial charge in [0.15, 0.2) is 11.5 Å². The number of fused-ring (bicyclic) bond motifs is 2. The molecule has 33 heavy (non-hydrogen) atoms. The Morgan fingerprint density at radius 1 is 1.06 bits per heavy atom. The first-order valence-electron chi connectivity index (χ1n) is 11.0. The number of rotatable bonds is 8. The molecule has 1 amide bonds. The number of amides is 1. The van der Waals surface area contributed by atoms with Crippen molar-refractivity contribution in [3.05, 3.63) is 42.0 Å². The summed E-state index contributed by atoms with van der Waals surface area (Å²) in [6.07, 6.45) is 2.70. The molecular formula is C22H25N5O5S. The SMILES string of the molecule is O=C(CCCn1nnc2cc(S(=O)(=O)N3CCCC3)ccc21)NCc1ccc2c(c1)OCO2. The van der Waals surface area contributed by atoms with Crippen molar-refractivity contribution in [2.45, 2.75) is 43.7 Å². The average molecular weight is 472 g/mol. The van der Waals surface area contributed by atoms with E-state index in [1.807, 2.05) is 18.2 Å². The molecule has 2 aliphatic heterocycles. The maximum Gasteiger partial charge on any atom is 0.243 e. The average Bonchev–Trinajstić information content (AvgIpc) is 3.58. The van der Waals surface area contributed by atoms with Gasteiger partial charge in [-0.05, 0) is 55.2 Å². The summed E-state index contributed by atoms with van der Waals surface area (Å²) >= 11 is 0.